The highest BCUT2D eigenvalue weighted by molar-refractivity contribution is 14.1. The summed E-state index contributed by atoms with van der Waals surface area (Å²) in [6.07, 6.45) is 0.758. The second-order valence-electron chi connectivity index (χ2n) is 7.43. The highest BCUT2D eigenvalue weighted by Gasteiger charge is 2.24. The first-order valence-corrected chi connectivity index (χ1v) is 12.3. The zero-order valence-corrected chi connectivity index (χ0v) is 21.8. The number of thiophene rings is 1. The number of carbonyl (C=O) groups excluding carboxylic acids is 2. The minimum Gasteiger partial charge on any atom is -0.493 e. The van der Waals surface area contributed by atoms with Crippen molar-refractivity contribution in [2.24, 2.45) is 0 Å². The third-order valence-electron chi connectivity index (χ3n) is 5.10. The molecule has 4 rings (SSSR count). The van der Waals surface area contributed by atoms with Gasteiger partial charge in [0.15, 0.2) is 0 Å². The molecule has 8 heteroatoms. The number of hydrogen-bond acceptors (Lipinski definition) is 4. The van der Waals surface area contributed by atoms with Gasteiger partial charge in [0.25, 0.3) is 11.8 Å². The Kier molecular flexibility index (Phi) is 6.41. The summed E-state index contributed by atoms with van der Waals surface area (Å²) in [6, 6.07) is 13.4. The molecular formula is C23H20BrIN2O3S. The lowest BCUT2D eigenvalue weighted by Crippen LogP contribution is -2.27. The van der Waals surface area contributed by atoms with Crippen molar-refractivity contribution in [1.29, 1.82) is 0 Å². The molecule has 1 aliphatic rings. The Bertz CT molecular complexity index is 1190. The minimum atomic E-state index is -0.0674. The summed E-state index contributed by atoms with van der Waals surface area (Å²) in [5, 5.41) is 0. The van der Waals surface area contributed by atoms with Crippen molar-refractivity contribution in [1.82, 2.24) is 4.90 Å². The Hall–Kier alpha value is -1.91. The van der Waals surface area contributed by atoms with Crippen molar-refractivity contribution in [3.05, 3.63) is 66.5 Å². The summed E-state index contributed by atoms with van der Waals surface area (Å²) in [5.74, 6) is 0.702. The quantitative estimate of drug-likeness (QED) is 0.358. The zero-order valence-electron chi connectivity index (χ0n) is 17.2. The van der Waals surface area contributed by atoms with Crippen molar-refractivity contribution >= 4 is 67.4 Å². The third kappa shape index (κ3) is 4.38. The highest BCUT2D eigenvalue weighted by Crippen LogP contribution is 2.42. The lowest BCUT2D eigenvalue weighted by atomic mass is 10.1. The number of halogens is 2. The van der Waals surface area contributed by atoms with E-state index in [9.17, 15) is 9.59 Å². The van der Waals surface area contributed by atoms with Crippen LogP contribution in [-0.4, -0.2) is 44.5 Å². The normalized spacial score (nSPS) is 12.3. The summed E-state index contributed by atoms with van der Waals surface area (Å²) in [4.78, 5) is 30.5. The van der Waals surface area contributed by atoms with Gasteiger partial charge < -0.3 is 14.5 Å². The molecule has 0 fully saturated rings. The Labute approximate surface area is 207 Å². The van der Waals surface area contributed by atoms with E-state index in [0.717, 1.165) is 41.9 Å². The van der Waals surface area contributed by atoms with Crippen molar-refractivity contribution in [3.63, 3.8) is 0 Å². The van der Waals surface area contributed by atoms with Crippen LogP contribution >= 0.6 is 49.9 Å². The summed E-state index contributed by atoms with van der Waals surface area (Å²) in [7, 11) is 5.22. The van der Waals surface area contributed by atoms with E-state index in [2.05, 4.69) is 38.5 Å². The maximum atomic E-state index is 13.3. The zero-order chi connectivity index (χ0) is 22.3. The Morgan fingerprint density at radius 3 is 2.55 bits per heavy atom. The molecule has 2 amide bonds. The summed E-state index contributed by atoms with van der Waals surface area (Å²) in [6.45, 7) is 0.579. The molecule has 2 aromatic carbocycles. The van der Waals surface area contributed by atoms with Gasteiger partial charge in [-0.15, -0.1) is 11.3 Å². The van der Waals surface area contributed by atoms with Gasteiger partial charge in [0.1, 0.15) is 5.75 Å². The fourth-order valence-corrected chi connectivity index (χ4v) is 5.90. The van der Waals surface area contributed by atoms with Crippen LogP contribution in [0.4, 0.5) is 5.69 Å². The first kappa shape index (κ1) is 22.3. The van der Waals surface area contributed by atoms with Crippen molar-refractivity contribution in [3.8, 4) is 16.2 Å². The molecule has 0 radical (unpaired) electrons. The minimum absolute atomic E-state index is 0.0621. The fourth-order valence-electron chi connectivity index (χ4n) is 3.47. The molecule has 0 unspecified atom stereocenters. The first-order chi connectivity index (χ1) is 14.8. The SMILES string of the molecule is CN(C)C(=O)c1ccc(N(C)C(=O)c2cc3c(s2)-c2ccc(Br)cc2OCC3)c(I)c1. The van der Waals surface area contributed by atoms with Crippen LogP contribution in [0.1, 0.15) is 25.6 Å². The second kappa shape index (κ2) is 8.91. The number of benzene rings is 2. The maximum absolute atomic E-state index is 13.3. The molecule has 0 N–H and O–H groups in total. The van der Waals surface area contributed by atoms with Gasteiger partial charge in [0, 0.05) is 51.6 Å². The lowest BCUT2D eigenvalue weighted by Gasteiger charge is -2.19. The molecule has 0 atom stereocenters. The number of rotatable bonds is 3. The Morgan fingerprint density at radius 2 is 1.84 bits per heavy atom. The number of fused-ring (bicyclic) bond motifs is 3. The van der Waals surface area contributed by atoms with Gasteiger partial charge in [-0.2, -0.15) is 0 Å². The fraction of sp³-hybridized carbons (Fsp3) is 0.217. The van der Waals surface area contributed by atoms with Crippen LogP contribution in [0.25, 0.3) is 10.4 Å². The van der Waals surface area contributed by atoms with Crippen LogP contribution in [0.5, 0.6) is 5.75 Å². The van der Waals surface area contributed by atoms with E-state index in [0.29, 0.717) is 17.0 Å². The molecule has 0 spiro atoms. The first-order valence-electron chi connectivity index (χ1n) is 9.61. The third-order valence-corrected chi connectivity index (χ3v) is 7.66. The molecule has 1 aliphatic heterocycles. The molecule has 0 aliphatic carbocycles. The largest absolute Gasteiger partial charge is 0.493 e. The van der Waals surface area contributed by atoms with Crippen LogP contribution < -0.4 is 9.64 Å². The van der Waals surface area contributed by atoms with E-state index in [1.165, 1.54) is 11.3 Å². The summed E-state index contributed by atoms with van der Waals surface area (Å²) >= 11 is 7.17. The van der Waals surface area contributed by atoms with Crippen molar-refractivity contribution < 1.29 is 14.3 Å². The van der Waals surface area contributed by atoms with E-state index in [1.54, 1.807) is 37.0 Å². The van der Waals surface area contributed by atoms with Gasteiger partial charge in [-0.3, -0.25) is 9.59 Å². The molecule has 3 aromatic rings. The number of nitrogens with zero attached hydrogens (tertiary/aromatic N) is 2. The van der Waals surface area contributed by atoms with Crippen LogP contribution in [0, 0.1) is 3.57 Å². The molecule has 160 valence electrons. The Balaban J connectivity index is 1.65. The lowest BCUT2D eigenvalue weighted by molar-refractivity contribution is 0.0827. The highest BCUT2D eigenvalue weighted by atomic mass is 127. The van der Waals surface area contributed by atoms with Gasteiger partial charge in [0.05, 0.1) is 17.2 Å². The van der Waals surface area contributed by atoms with Gasteiger partial charge in [-0.05, 0) is 70.6 Å². The molecule has 5 nitrogen and oxygen atoms in total. The number of anilines is 1. The molecule has 1 aromatic heterocycles. The van der Waals surface area contributed by atoms with Crippen molar-refractivity contribution in [2.45, 2.75) is 6.42 Å². The van der Waals surface area contributed by atoms with Crippen molar-refractivity contribution in [2.75, 3.05) is 32.6 Å². The van der Waals surface area contributed by atoms with E-state index in [-0.39, 0.29) is 11.8 Å². The van der Waals surface area contributed by atoms with E-state index < -0.39 is 0 Å². The molecule has 31 heavy (non-hydrogen) atoms. The summed E-state index contributed by atoms with van der Waals surface area (Å²) in [5.41, 5.74) is 3.52. The number of amides is 2. The van der Waals surface area contributed by atoms with Crippen LogP contribution in [0.2, 0.25) is 0 Å². The molecule has 0 bridgehead atoms. The van der Waals surface area contributed by atoms with Crippen LogP contribution in [-0.2, 0) is 6.42 Å². The average molecular weight is 611 g/mol. The van der Waals surface area contributed by atoms with E-state index in [1.807, 2.05) is 36.4 Å². The predicted molar refractivity (Wildman–Crippen MR) is 137 cm³/mol. The molecular weight excluding hydrogens is 591 g/mol. The van der Waals surface area contributed by atoms with Crippen LogP contribution in [0.15, 0.2) is 46.9 Å². The smallest absolute Gasteiger partial charge is 0.268 e. The average Bonchev–Trinajstić information content (AvgIpc) is 3.08. The monoisotopic (exact) mass is 610 g/mol. The molecule has 2 heterocycles. The van der Waals surface area contributed by atoms with Gasteiger partial charge in [-0.25, -0.2) is 0 Å². The topological polar surface area (TPSA) is 49.9 Å². The van der Waals surface area contributed by atoms with Gasteiger partial charge in [0.2, 0.25) is 0 Å². The standard InChI is InChI=1S/C23H20BrIN2O3S/c1-26(2)22(28)14-4-7-18(17(25)10-14)27(3)23(29)20-11-13-8-9-30-19-12-15(24)5-6-16(19)21(13)31-20/h4-7,10-12H,8-9H2,1-3H3. The van der Waals surface area contributed by atoms with Gasteiger partial charge >= 0.3 is 0 Å². The van der Waals surface area contributed by atoms with Gasteiger partial charge in [-0.1, -0.05) is 15.9 Å². The van der Waals surface area contributed by atoms with E-state index >= 15 is 0 Å². The van der Waals surface area contributed by atoms with E-state index in [4.69, 9.17) is 4.74 Å². The molecule has 0 saturated carbocycles. The number of ether oxygens (including phenoxy) is 1. The second-order valence-corrected chi connectivity index (χ2v) is 10.6. The number of carbonyl (C=O) groups is 2. The molecule has 0 saturated heterocycles. The van der Waals surface area contributed by atoms with Crippen LogP contribution in [0.3, 0.4) is 0 Å². The maximum Gasteiger partial charge on any atom is 0.268 e. The Morgan fingerprint density at radius 1 is 1.06 bits per heavy atom. The number of hydrogen-bond donors (Lipinski definition) is 0. The predicted octanol–water partition coefficient (Wildman–Crippen LogP) is 5.70. The summed E-state index contributed by atoms with van der Waals surface area (Å²) < 4.78 is 7.72.